The Kier molecular flexibility index (Phi) is 7.01. The quantitative estimate of drug-likeness (QED) is 0.613. The molecule has 1 aliphatic carbocycles. The first-order valence-corrected chi connectivity index (χ1v) is 11.7. The average Bonchev–Trinajstić information content (AvgIpc) is 2.80. The summed E-state index contributed by atoms with van der Waals surface area (Å²) in [5.41, 5.74) is 1.34. The van der Waals surface area contributed by atoms with Crippen LogP contribution in [0.1, 0.15) is 56.2 Å². The molecule has 1 aliphatic heterocycles. The Morgan fingerprint density at radius 3 is 2.78 bits per heavy atom. The second-order valence-corrected chi connectivity index (χ2v) is 9.04. The molecule has 0 aromatic heterocycles. The van der Waals surface area contributed by atoms with E-state index >= 15 is 0 Å². The van der Waals surface area contributed by atoms with E-state index in [1.54, 1.807) is 6.07 Å². The number of amides is 1. The van der Waals surface area contributed by atoms with Gasteiger partial charge in [0.15, 0.2) is 11.5 Å². The maximum atomic E-state index is 12.8. The lowest BCUT2D eigenvalue weighted by Crippen LogP contribution is -2.56. The van der Waals surface area contributed by atoms with Crippen molar-refractivity contribution in [3.05, 3.63) is 59.7 Å². The molecule has 6 nitrogen and oxygen atoms in total. The Morgan fingerprint density at radius 1 is 1.19 bits per heavy atom. The summed E-state index contributed by atoms with van der Waals surface area (Å²) >= 11 is 0. The van der Waals surface area contributed by atoms with Crippen LogP contribution in [0.3, 0.4) is 0 Å². The van der Waals surface area contributed by atoms with Crippen molar-refractivity contribution in [2.45, 2.75) is 57.2 Å². The van der Waals surface area contributed by atoms with Gasteiger partial charge in [0.05, 0.1) is 18.8 Å². The number of likely N-dealkylation sites (tertiary alicyclic amines) is 1. The Balaban J connectivity index is 1.56. The number of hydrogen-bond acceptors (Lipinski definition) is 5. The van der Waals surface area contributed by atoms with Gasteiger partial charge in [0.25, 0.3) is 0 Å². The number of carbonyl (C=O) groups excluding carboxylic acids is 1. The van der Waals surface area contributed by atoms with Crippen molar-refractivity contribution in [1.82, 2.24) is 10.2 Å². The molecule has 0 bridgehead atoms. The zero-order valence-electron chi connectivity index (χ0n) is 18.8. The minimum Gasteiger partial charge on any atom is -0.504 e. The molecule has 2 aromatic carbocycles. The number of nitrogens with one attached hydrogen (secondary N) is 1. The van der Waals surface area contributed by atoms with Gasteiger partial charge in [-0.05, 0) is 49.4 Å². The van der Waals surface area contributed by atoms with Crippen LogP contribution in [0, 0.1) is 5.92 Å². The lowest BCUT2D eigenvalue weighted by Gasteiger charge is -2.52. The second-order valence-electron chi connectivity index (χ2n) is 9.04. The van der Waals surface area contributed by atoms with Gasteiger partial charge in [-0.3, -0.25) is 9.69 Å². The summed E-state index contributed by atoms with van der Waals surface area (Å²) < 4.78 is 5.62. The Hall–Kier alpha value is -2.57. The molecule has 2 fully saturated rings. The number of phenols is 1. The molecule has 1 saturated heterocycles. The second kappa shape index (κ2) is 9.92. The van der Waals surface area contributed by atoms with Gasteiger partial charge in [-0.1, -0.05) is 49.2 Å². The van der Waals surface area contributed by atoms with Gasteiger partial charge in [0.2, 0.25) is 5.91 Å². The van der Waals surface area contributed by atoms with E-state index in [2.05, 4.69) is 10.2 Å². The first kappa shape index (κ1) is 22.6. The summed E-state index contributed by atoms with van der Waals surface area (Å²) in [5.74, 6) is 0.579. The van der Waals surface area contributed by atoms with Gasteiger partial charge < -0.3 is 20.3 Å². The summed E-state index contributed by atoms with van der Waals surface area (Å²) in [6.07, 6.45) is 4.52. The maximum Gasteiger partial charge on any atom is 0.234 e. The van der Waals surface area contributed by atoms with Gasteiger partial charge in [0.1, 0.15) is 0 Å². The van der Waals surface area contributed by atoms with Crippen LogP contribution in [0.5, 0.6) is 11.5 Å². The zero-order valence-corrected chi connectivity index (χ0v) is 18.8. The molecule has 0 spiro atoms. The number of benzene rings is 2. The van der Waals surface area contributed by atoms with Crippen molar-refractivity contribution in [2.24, 2.45) is 5.92 Å². The largest absolute Gasteiger partial charge is 0.504 e. The fraction of sp³-hybridized carbons (Fsp3) is 0.500. The molecule has 2 aromatic rings. The van der Waals surface area contributed by atoms with Crippen molar-refractivity contribution in [3.8, 4) is 11.5 Å². The van der Waals surface area contributed by atoms with Gasteiger partial charge in [-0.2, -0.15) is 0 Å². The summed E-state index contributed by atoms with van der Waals surface area (Å²) in [6.45, 7) is 3.77. The SMILES string of the molecule is CCOc1cc([C@H]2[C@@H]3CCCC[C@]3(O)CCN2CC(=O)NCc2ccccc2)ccc1O. The predicted octanol–water partition coefficient (Wildman–Crippen LogP) is 3.78. The predicted molar refractivity (Wildman–Crippen MR) is 123 cm³/mol. The molecule has 172 valence electrons. The Morgan fingerprint density at radius 2 is 2.00 bits per heavy atom. The highest BCUT2D eigenvalue weighted by Gasteiger charge is 2.49. The number of hydrogen-bond donors (Lipinski definition) is 3. The maximum absolute atomic E-state index is 12.8. The van der Waals surface area contributed by atoms with Gasteiger partial charge in [0, 0.05) is 25.0 Å². The zero-order chi connectivity index (χ0) is 22.6. The van der Waals surface area contributed by atoms with Crippen LogP contribution in [0.4, 0.5) is 0 Å². The molecular formula is C26H34N2O4. The van der Waals surface area contributed by atoms with Gasteiger partial charge in [-0.15, -0.1) is 0 Å². The molecule has 0 unspecified atom stereocenters. The molecular weight excluding hydrogens is 404 g/mol. The van der Waals surface area contributed by atoms with E-state index in [4.69, 9.17) is 4.74 Å². The smallest absolute Gasteiger partial charge is 0.234 e. The van der Waals surface area contributed by atoms with Crippen molar-refractivity contribution < 1.29 is 19.7 Å². The molecule has 1 saturated carbocycles. The number of aromatic hydroxyl groups is 1. The Labute approximate surface area is 190 Å². The van der Waals surface area contributed by atoms with Crippen molar-refractivity contribution in [2.75, 3.05) is 19.7 Å². The summed E-state index contributed by atoms with van der Waals surface area (Å²) in [5, 5.41) is 24.7. The standard InChI is InChI=1S/C26H34N2O4/c1-2-32-23-16-20(11-12-22(23)29)25-21-10-6-7-13-26(21,31)14-15-28(25)18-24(30)27-17-19-8-4-3-5-9-19/h3-5,8-9,11-12,16,21,25,29,31H,2,6-7,10,13-15,17-18H2,1H3,(H,27,30)/t21-,25-,26-/m0/s1. The number of ether oxygens (including phenoxy) is 1. The van der Waals surface area contributed by atoms with Crippen LogP contribution in [-0.4, -0.2) is 46.3 Å². The van der Waals surface area contributed by atoms with E-state index in [0.29, 0.717) is 31.9 Å². The lowest BCUT2D eigenvalue weighted by molar-refractivity contribution is -0.138. The molecule has 4 rings (SSSR count). The fourth-order valence-corrected chi connectivity index (χ4v) is 5.39. The topological polar surface area (TPSA) is 82.0 Å². The molecule has 1 heterocycles. The number of piperidine rings is 1. The third kappa shape index (κ3) is 4.92. The minimum atomic E-state index is -0.705. The van der Waals surface area contributed by atoms with E-state index in [1.807, 2.05) is 49.4 Å². The number of nitrogens with zero attached hydrogens (tertiary/aromatic N) is 1. The minimum absolute atomic E-state index is 0.0242. The molecule has 32 heavy (non-hydrogen) atoms. The number of aliphatic hydroxyl groups is 1. The highest BCUT2D eigenvalue weighted by molar-refractivity contribution is 5.78. The highest BCUT2D eigenvalue weighted by atomic mass is 16.5. The number of fused-ring (bicyclic) bond motifs is 1. The van der Waals surface area contributed by atoms with Crippen molar-refractivity contribution >= 4 is 5.91 Å². The van der Waals surface area contributed by atoms with Crippen molar-refractivity contribution in [3.63, 3.8) is 0 Å². The molecule has 3 N–H and O–H groups in total. The summed E-state index contributed by atoms with van der Waals surface area (Å²) in [7, 11) is 0. The fourth-order valence-electron chi connectivity index (χ4n) is 5.39. The number of rotatable bonds is 7. The van der Waals surface area contributed by atoms with Crippen LogP contribution in [-0.2, 0) is 11.3 Å². The molecule has 1 amide bonds. The van der Waals surface area contributed by atoms with Gasteiger partial charge in [-0.25, -0.2) is 0 Å². The molecule has 0 radical (unpaired) electrons. The van der Waals surface area contributed by atoms with Crippen LogP contribution < -0.4 is 10.1 Å². The first-order valence-electron chi connectivity index (χ1n) is 11.7. The summed E-state index contributed by atoms with van der Waals surface area (Å²) in [6, 6.07) is 15.2. The van der Waals surface area contributed by atoms with Crippen molar-refractivity contribution in [1.29, 1.82) is 0 Å². The van der Waals surface area contributed by atoms with E-state index in [0.717, 1.165) is 36.8 Å². The van der Waals surface area contributed by atoms with Crippen LogP contribution >= 0.6 is 0 Å². The van der Waals surface area contributed by atoms with Gasteiger partial charge >= 0.3 is 0 Å². The van der Waals surface area contributed by atoms with E-state index < -0.39 is 5.60 Å². The normalized spacial score (nSPS) is 25.7. The van der Waals surface area contributed by atoms with Crippen LogP contribution in [0.25, 0.3) is 0 Å². The molecule has 2 aliphatic rings. The van der Waals surface area contributed by atoms with Crippen LogP contribution in [0.15, 0.2) is 48.5 Å². The molecule has 6 heteroatoms. The van der Waals surface area contributed by atoms with E-state index in [1.165, 1.54) is 0 Å². The van der Waals surface area contributed by atoms with E-state index in [9.17, 15) is 15.0 Å². The third-order valence-corrected chi connectivity index (χ3v) is 6.98. The third-order valence-electron chi connectivity index (χ3n) is 6.98. The average molecular weight is 439 g/mol. The molecule has 3 atom stereocenters. The number of phenolic OH excluding ortho intramolecular Hbond substituents is 1. The number of carbonyl (C=O) groups is 1. The van der Waals surface area contributed by atoms with E-state index in [-0.39, 0.29) is 30.2 Å². The lowest BCUT2D eigenvalue weighted by atomic mass is 9.66. The highest BCUT2D eigenvalue weighted by Crippen LogP contribution is 2.50. The Bertz CT molecular complexity index is 919. The first-order chi connectivity index (χ1) is 15.5. The van der Waals surface area contributed by atoms with Crippen LogP contribution in [0.2, 0.25) is 0 Å². The summed E-state index contributed by atoms with van der Waals surface area (Å²) in [4.78, 5) is 15.0. The monoisotopic (exact) mass is 438 g/mol.